The van der Waals surface area contributed by atoms with E-state index >= 15 is 0 Å². The van der Waals surface area contributed by atoms with E-state index in [2.05, 4.69) is 19.1 Å². The molecule has 1 saturated carbocycles. The van der Waals surface area contributed by atoms with E-state index in [9.17, 15) is 14.4 Å². The van der Waals surface area contributed by atoms with E-state index in [1.54, 1.807) is 6.92 Å². The molecule has 1 aromatic heterocycles. The zero-order valence-corrected chi connectivity index (χ0v) is 16.4. The number of rotatable bonds is 3. The van der Waals surface area contributed by atoms with Crippen LogP contribution in [0.3, 0.4) is 0 Å². The van der Waals surface area contributed by atoms with Gasteiger partial charge in [-0.3, -0.25) is 9.59 Å². The Bertz CT molecular complexity index is 855. The van der Waals surface area contributed by atoms with Crippen LogP contribution < -0.4 is 4.90 Å². The van der Waals surface area contributed by atoms with Crippen LogP contribution in [0.4, 0.5) is 5.00 Å². The van der Waals surface area contributed by atoms with Gasteiger partial charge in [0, 0.05) is 4.88 Å². The summed E-state index contributed by atoms with van der Waals surface area (Å²) in [6.07, 6.45) is 7.79. The second-order valence-electron chi connectivity index (χ2n) is 8.26. The minimum atomic E-state index is -0.404. The van der Waals surface area contributed by atoms with Crippen molar-refractivity contribution >= 4 is 34.1 Å². The summed E-state index contributed by atoms with van der Waals surface area (Å²) in [5.41, 5.74) is 1.45. The van der Waals surface area contributed by atoms with E-state index < -0.39 is 5.97 Å². The predicted octanol–water partition coefficient (Wildman–Crippen LogP) is 3.36. The van der Waals surface area contributed by atoms with E-state index in [1.165, 1.54) is 16.2 Å². The van der Waals surface area contributed by atoms with Crippen molar-refractivity contribution in [3.63, 3.8) is 0 Å². The molecule has 1 aromatic rings. The van der Waals surface area contributed by atoms with Gasteiger partial charge in [0.05, 0.1) is 24.0 Å². The van der Waals surface area contributed by atoms with Gasteiger partial charge in [-0.05, 0) is 55.9 Å². The van der Waals surface area contributed by atoms with E-state index in [0.717, 1.165) is 36.1 Å². The quantitative estimate of drug-likeness (QED) is 0.455. The molecule has 5 rings (SSSR count). The van der Waals surface area contributed by atoms with Crippen LogP contribution in [0, 0.1) is 29.6 Å². The number of ether oxygens (including phenoxy) is 1. The van der Waals surface area contributed by atoms with Crippen LogP contribution in [0.15, 0.2) is 12.2 Å². The maximum atomic E-state index is 13.2. The summed E-state index contributed by atoms with van der Waals surface area (Å²) in [7, 11) is 0. The average Bonchev–Trinajstić information content (AvgIpc) is 3.36. The molecule has 3 aliphatic carbocycles. The van der Waals surface area contributed by atoms with Gasteiger partial charge in [-0.2, -0.15) is 0 Å². The van der Waals surface area contributed by atoms with Gasteiger partial charge in [-0.1, -0.05) is 19.1 Å². The lowest BCUT2D eigenvalue weighted by molar-refractivity contribution is -0.123. The monoisotopic (exact) mass is 385 g/mol. The topological polar surface area (TPSA) is 63.7 Å². The average molecular weight is 385 g/mol. The number of hydrogen-bond acceptors (Lipinski definition) is 5. The number of carbonyl (C=O) groups excluding carboxylic acids is 3. The van der Waals surface area contributed by atoms with Crippen LogP contribution >= 0.6 is 11.3 Å². The largest absolute Gasteiger partial charge is 0.462 e. The van der Waals surface area contributed by atoms with Crippen LogP contribution in [0.25, 0.3) is 0 Å². The molecule has 0 N–H and O–H groups in total. The van der Waals surface area contributed by atoms with E-state index in [4.69, 9.17) is 4.74 Å². The first kappa shape index (κ1) is 17.2. The van der Waals surface area contributed by atoms with Crippen molar-refractivity contribution in [3.05, 3.63) is 28.2 Å². The highest BCUT2D eigenvalue weighted by Gasteiger charge is 2.60. The minimum absolute atomic E-state index is 0.126. The number of thiophene rings is 1. The van der Waals surface area contributed by atoms with Crippen molar-refractivity contribution in [3.8, 4) is 0 Å². The first-order chi connectivity index (χ1) is 13.0. The first-order valence-electron chi connectivity index (χ1n) is 9.89. The summed E-state index contributed by atoms with van der Waals surface area (Å²) in [4.78, 5) is 41.7. The van der Waals surface area contributed by atoms with Crippen LogP contribution in [-0.2, 0) is 27.2 Å². The van der Waals surface area contributed by atoms with Crippen LogP contribution in [0.1, 0.15) is 47.5 Å². The Kier molecular flexibility index (Phi) is 3.83. The van der Waals surface area contributed by atoms with Gasteiger partial charge in [0.25, 0.3) is 0 Å². The molecule has 1 aliphatic heterocycles. The number of carbonyl (C=O) groups is 3. The molecule has 27 heavy (non-hydrogen) atoms. The van der Waals surface area contributed by atoms with Crippen molar-refractivity contribution in [1.29, 1.82) is 0 Å². The second kappa shape index (κ2) is 6.03. The second-order valence-corrected chi connectivity index (χ2v) is 9.35. The number of imide groups is 1. The van der Waals surface area contributed by atoms with Crippen LogP contribution in [-0.4, -0.2) is 24.4 Å². The molecule has 5 atom stereocenters. The highest BCUT2D eigenvalue weighted by atomic mass is 32.1. The van der Waals surface area contributed by atoms with Crippen molar-refractivity contribution < 1.29 is 19.1 Å². The molecule has 2 amide bonds. The maximum Gasteiger partial charge on any atom is 0.341 e. The summed E-state index contributed by atoms with van der Waals surface area (Å²) in [5, 5.41) is 0.511. The highest BCUT2D eigenvalue weighted by Crippen LogP contribution is 2.55. The number of fused-ring (bicyclic) bond motifs is 6. The molecule has 5 nitrogen and oxygen atoms in total. The molecule has 2 heterocycles. The molecule has 0 spiro atoms. The summed E-state index contributed by atoms with van der Waals surface area (Å²) in [6.45, 7) is 4.26. The number of esters is 1. The normalized spacial score (nSPS) is 33.6. The summed E-state index contributed by atoms with van der Waals surface area (Å²) < 4.78 is 5.30. The summed E-state index contributed by atoms with van der Waals surface area (Å²) >= 11 is 1.45. The predicted molar refractivity (Wildman–Crippen MR) is 102 cm³/mol. The fourth-order valence-corrected chi connectivity index (χ4v) is 6.92. The number of anilines is 1. The van der Waals surface area contributed by atoms with Crippen molar-refractivity contribution in [2.24, 2.45) is 29.6 Å². The molecule has 0 aromatic carbocycles. The standard InChI is InChI=1S/C21H23NO4S/c1-3-26-21(25)17-13-7-4-10(2)8-14(13)27-20(17)22-18(23)15-11-5-6-12(9-11)16(15)19(22)24/h5-6,10-12,15-16H,3-4,7-9H2,1-2H3/t10-,11-,12+,15-,16+/m0/s1. The van der Waals surface area contributed by atoms with Gasteiger partial charge in [0.1, 0.15) is 5.00 Å². The van der Waals surface area contributed by atoms with Gasteiger partial charge >= 0.3 is 5.97 Å². The smallest absolute Gasteiger partial charge is 0.341 e. The van der Waals surface area contributed by atoms with Gasteiger partial charge in [0.15, 0.2) is 0 Å². The molecule has 6 heteroatoms. The number of amides is 2. The van der Waals surface area contributed by atoms with E-state index in [1.807, 2.05) is 0 Å². The summed E-state index contributed by atoms with van der Waals surface area (Å²) in [6, 6.07) is 0. The third-order valence-electron chi connectivity index (χ3n) is 6.65. The molecular formula is C21H23NO4S. The number of nitrogens with zero attached hydrogens (tertiary/aromatic N) is 1. The number of allylic oxidation sites excluding steroid dienone is 2. The van der Waals surface area contributed by atoms with Gasteiger partial charge in [-0.15, -0.1) is 11.3 Å². The molecule has 0 radical (unpaired) electrons. The Hall–Kier alpha value is -1.95. The van der Waals surface area contributed by atoms with E-state index in [0.29, 0.717) is 16.5 Å². The summed E-state index contributed by atoms with van der Waals surface area (Å²) in [5.74, 6) is -0.273. The molecule has 2 fully saturated rings. The maximum absolute atomic E-state index is 13.2. The Balaban J connectivity index is 1.60. The molecule has 1 saturated heterocycles. The van der Waals surface area contributed by atoms with Gasteiger partial charge < -0.3 is 4.74 Å². The van der Waals surface area contributed by atoms with Crippen LogP contribution in [0.2, 0.25) is 0 Å². The Labute approximate surface area is 162 Å². The third-order valence-corrected chi connectivity index (χ3v) is 7.89. The highest BCUT2D eigenvalue weighted by molar-refractivity contribution is 7.17. The Morgan fingerprint density at radius 3 is 2.52 bits per heavy atom. The van der Waals surface area contributed by atoms with Crippen molar-refractivity contribution in [2.75, 3.05) is 11.5 Å². The lowest BCUT2D eigenvalue weighted by atomic mass is 9.85. The van der Waals surface area contributed by atoms with E-state index in [-0.39, 0.29) is 42.1 Å². The molecule has 0 unspecified atom stereocenters. The lowest BCUT2D eigenvalue weighted by Crippen LogP contribution is -2.33. The molecule has 142 valence electrons. The van der Waals surface area contributed by atoms with Gasteiger partial charge in [0.2, 0.25) is 11.8 Å². The van der Waals surface area contributed by atoms with Gasteiger partial charge in [-0.25, -0.2) is 9.69 Å². The zero-order valence-electron chi connectivity index (χ0n) is 15.6. The lowest BCUT2D eigenvalue weighted by Gasteiger charge is -2.19. The van der Waals surface area contributed by atoms with Crippen LogP contribution in [0.5, 0.6) is 0 Å². The minimum Gasteiger partial charge on any atom is -0.462 e. The Morgan fingerprint density at radius 2 is 1.89 bits per heavy atom. The first-order valence-corrected chi connectivity index (χ1v) is 10.7. The third kappa shape index (κ3) is 2.32. The Morgan fingerprint density at radius 1 is 1.22 bits per heavy atom. The zero-order chi connectivity index (χ0) is 18.9. The van der Waals surface area contributed by atoms with Crippen molar-refractivity contribution in [1.82, 2.24) is 0 Å². The fraction of sp³-hybridized carbons (Fsp3) is 0.571. The molecular weight excluding hydrogens is 362 g/mol. The van der Waals surface area contributed by atoms with Crippen molar-refractivity contribution in [2.45, 2.75) is 39.5 Å². The molecule has 2 bridgehead atoms. The SMILES string of the molecule is CCOC(=O)c1c(N2C(=O)[C@@H]3[C@H](C2=O)[C@@H]2C=C[C@H]3C2)sc2c1CC[C@H](C)C2. The number of hydrogen-bond donors (Lipinski definition) is 0. The molecule has 4 aliphatic rings. The fourth-order valence-electron chi connectivity index (χ4n) is 5.41.